The highest BCUT2D eigenvalue weighted by Crippen LogP contribution is 2.16. The van der Waals surface area contributed by atoms with Crippen molar-refractivity contribution >= 4 is 0 Å². The lowest BCUT2D eigenvalue weighted by Crippen LogP contribution is -2.47. The van der Waals surface area contributed by atoms with E-state index in [0.29, 0.717) is 6.61 Å². The number of nitrogens with zero attached hydrogens (tertiary/aromatic N) is 2. The van der Waals surface area contributed by atoms with Crippen molar-refractivity contribution in [2.45, 2.75) is 13.2 Å². The van der Waals surface area contributed by atoms with Crippen molar-refractivity contribution in [1.29, 1.82) is 0 Å². The molecule has 0 saturated carbocycles. The van der Waals surface area contributed by atoms with Crippen LogP contribution in [0.1, 0.15) is 11.1 Å². The molecule has 156 valence electrons. The third-order valence-corrected chi connectivity index (χ3v) is 5.46. The molecule has 1 fully saturated rings. The van der Waals surface area contributed by atoms with Gasteiger partial charge in [-0.05, 0) is 35.4 Å². The zero-order valence-corrected chi connectivity index (χ0v) is 17.5. The first kappa shape index (κ1) is 20.5. The van der Waals surface area contributed by atoms with Crippen molar-refractivity contribution in [2.75, 3.05) is 39.3 Å². The molecule has 0 spiro atoms. The largest absolute Gasteiger partial charge is 0.492 e. The van der Waals surface area contributed by atoms with Crippen LogP contribution in [-0.2, 0) is 13.2 Å². The third-order valence-electron chi connectivity index (χ3n) is 5.46. The first-order valence-corrected chi connectivity index (χ1v) is 10.7. The smallest absolute Gasteiger partial charge is 0.119 e. The maximum Gasteiger partial charge on any atom is 0.119 e. The highest BCUT2D eigenvalue weighted by atomic mass is 16.5. The summed E-state index contributed by atoms with van der Waals surface area (Å²) in [6.07, 6.45) is 0. The second-order valence-corrected chi connectivity index (χ2v) is 7.70. The van der Waals surface area contributed by atoms with Gasteiger partial charge in [0.05, 0.1) is 0 Å². The van der Waals surface area contributed by atoms with Crippen LogP contribution in [0.25, 0.3) is 0 Å². The van der Waals surface area contributed by atoms with Gasteiger partial charge >= 0.3 is 0 Å². The fourth-order valence-corrected chi connectivity index (χ4v) is 3.67. The van der Waals surface area contributed by atoms with Crippen molar-refractivity contribution in [3.8, 4) is 11.5 Å². The average molecular weight is 403 g/mol. The van der Waals surface area contributed by atoms with E-state index >= 15 is 0 Å². The van der Waals surface area contributed by atoms with E-state index in [1.54, 1.807) is 0 Å². The van der Waals surface area contributed by atoms with E-state index < -0.39 is 0 Å². The molecule has 4 rings (SSSR count). The van der Waals surface area contributed by atoms with Gasteiger partial charge in [0.2, 0.25) is 0 Å². The summed E-state index contributed by atoms with van der Waals surface area (Å²) in [4.78, 5) is 5.01. The van der Waals surface area contributed by atoms with Gasteiger partial charge in [0, 0.05) is 39.3 Å². The predicted molar refractivity (Wildman–Crippen MR) is 121 cm³/mol. The molecule has 4 nitrogen and oxygen atoms in total. The SMILES string of the molecule is c1ccc(COc2ccc(CN3CCN(CCOc4ccccc4)CC3)cc2)cc1. The van der Waals surface area contributed by atoms with Crippen LogP contribution in [0.15, 0.2) is 84.9 Å². The van der Waals surface area contributed by atoms with E-state index in [9.17, 15) is 0 Å². The second-order valence-electron chi connectivity index (χ2n) is 7.70. The van der Waals surface area contributed by atoms with Gasteiger partial charge < -0.3 is 9.47 Å². The van der Waals surface area contributed by atoms with Gasteiger partial charge in [-0.1, -0.05) is 60.7 Å². The zero-order valence-electron chi connectivity index (χ0n) is 17.5. The standard InChI is InChI=1S/C26H30N2O2/c1-3-7-24(8-4-1)22-30-26-13-11-23(12-14-26)21-28-17-15-27(16-18-28)19-20-29-25-9-5-2-6-10-25/h1-14H,15-22H2. The van der Waals surface area contributed by atoms with Crippen LogP contribution in [0.2, 0.25) is 0 Å². The van der Waals surface area contributed by atoms with Crippen molar-refractivity contribution in [3.63, 3.8) is 0 Å². The van der Waals surface area contributed by atoms with Gasteiger partial charge in [-0.25, -0.2) is 0 Å². The Morgan fingerprint density at radius 1 is 0.567 bits per heavy atom. The zero-order chi connectivity index (χ0) is 20.4. The minimum atomic E-state index is 0.607. The van der Waals surface area contributed by atoms with Crippen LogP contribution < -0.4 is 9.47 Å². The molecule has 0 radical (unpaired) electrons. The Morgan fingerprint density at radius 3 is 1.87 bits per heavy atom. The summed E-state index contributed by atoms with van der Waals surface area (Å²) in [6, 6.07) is 28.8. The average Bonchev–Trinajstić information content (AvgIpc) is 2.81. The molecule has 1 aliphatic heterocycles. The fourth-order valence-electron chi connectivity index (χ4n) is 3.67. The normalized spacial score (nSPS) is 15.1. The Balaban J connectivity index is 1.15. The summed E-state index contributed by atoms with van der Waals surface area (Å²) < 4.78 is 11.7. The molecule has 30 heavy (non-hydrogen) atoms. The van der Waals surface area contributed by atoms with Crippen LogP contribution >= 0.6 is 0 Å². The lowest BCUT2D eigenvalue weighted by atomic mass is 10.2. The Kier molecular flexibility index (Phi) is 7.37. The van der Waals surface area contributed by atoms with Gasteiger partial charge in [-0.2, -0.15) is 0 Å². The van der Waals surface area contributed by atoms with Crippen molar-refractivity contribution < 1.29 is 9.47 Å². The second kappa shape index (κ2) is 10.8. The topological polar surface area (TPSA) is 24.9 Å². The van der Waals surface area contributed by atoms with E-state index in [0.717, 1.165) is 57.4 Å². The summed E-state index contributed by atoms with van der Waals surface area (Å²) in [5.74, 6) is 1.87. The van der Waals surface area contributed by atoms with Gasteiger partial charge in [0.25, 0.3) is 0 Å². The summed E-state index contributed by atoms with van der Waals surface area (Å²) in [6.45, 7) is 7.70. The number of benzene rings is 3. The molecule has 4 heteroatoms. The Labute approximate surface area is 179 Å². The maximum atomic E-state index is 5.89. The summed E-state index contributed by atoms with van der Waals surface area (Å²) >= 11 is 0. The first-order chi connectivity index (χ1) is 14.8. The molecule has 0 aliphatic carbocycles. The molecule has 1 aliphatic rings. The lowest BCUT2D eigenvalue weighted by molar-refractivity contribution is 0.112. The Hall–Kier alpha value is -2.82. The van der Waals surface area contributed by atoms with E-state index in [-0.39, 0.29) is 0 Å². The fraction of sp³-hybridized carbons (Fsp3) is 0.308. The van der Waals surface area contributed by atoms with Crippen molar-refractivity contribution in [1.82, 2.24) is 9.80 Å². The summed E-state index contributed by atoms with van der Waals surface area (Å²) in [7, 11) is 0. The minimum Gasteiger partial charge on any atom is -0.492 e. The third kappa shape index (κ3) is 6.34. The maximum absolute atomic E-state index is 5.89. The van der Waals surface area contributed by atoms with Gasteiger partial charge in [-0.15, -0.1) is 0 Å². The number of hydrogen-bond donors (Lipinski definition) is 0. The van der Waals surface area contributed by atoms with E-state index in [4.69, 9.17) is 9.47 Å². The van der Waals surface area contributed by atoms with E-state index in [1.165, 1.54) is 11.1 Å². The molecule has 3 aromatic rings. The lowest BCUT2D eigenvalue weighted by Gasteiger charge is -2.34. The first-order valence-electron chi connectivity index (χ1n) is 10.7. The van der Waals surface area contributed by atoms with Crippen molar-refractivity contribution in [3.05, 3.63) is 96.1 Å². The number of hydrogen-bond acceptors (Lipinski definition) is 4. The number of para-hydroxylation sites is 1. The molecule has 0 unspecified atom stereocenters. The van der Waals surface area contributed by atoms with Gasteiger partial charge in [0.1, 0.15) is 24.7 Å². The van der Waals surface area contributed by atoms with E-state index in [1.807, 2.05) is 48.5 Å². The molecule has 0 amide bonds. The highest BCUT2D eigenvalue weighted by Gasteiger charge is 2.16. The van der Waals surface area contributed by atoms with Gasteiger partial charge in [0.15, 0.2) is 0 Å². The van der Waals surface area contributed by atoms with Crippen LogP contribution in [0, 0.1) is 0 Å². The quantitative estimate of drug-likeness (QED) is 0.528. The molecule has 3 aromatic carbocycles. The minimum absolute atomic E-state index is 0.607. The molecule has 0 N–H and O–H groups in total. The highest BCUT2D eigenvalue weighted by molar-refractivity contribution is 5.28. The van der Waals surface area contributed by atoms with Crippen molar-refractivity contribution in [2.24, 2.45) is 0 Å². The van der Waals surface area contributed by atoms with Gasteiger partial charge in [-0.3, -0.25) is 9.80 Å². The molecular formula is C26H30N2O2. The van der Waals surface area contributed by atoms with Crippen LogP contribution in [0.3, 0.4) is 0 Å². The number of rotatable bonds is 9. The summed E-state index contributed by atoms with van der Waals surface area (Å²) in [5.41, 5.74) is 2.52. The summed E-state index contributed by atoms with van der Waals surface area (Å²) in [5, 5.41) is 0. The molecule has 1 saturated heterocycles. The monoisotopic (exact) mass is 402 g/mol. The van der Waals surface area contributed by atoms with E-state index in [2.05, 4.69) is 46.2 Å². The molecule has 0 bridgehead atoms. The number of piperazine rings is 1. The van der Waals surface area contributed by atoms with Crippen LogP contribution in [0.4, 0.5) is 0 Å². The van der Waals surface area contributed by atoms with Crippen LogP contribution in [-0.4, -0.2) is 49.1 Å². The number of ether oxygens (including phenoxy) is 2. The predicted octanol–water partition coefficient (Wildman–Crippen LogP) is 4.46. The molecule has 0 aromatic heterocycles. The molecular weight excluding hydrogens is 372 g/mol. The molecule has 1 heterocycles. The Bertz CT molecular complexity index is 861. The Morgan fingerprint density at radius 2 is 1.17 bits per heavy atom. The molecule has 0 atom stereocenters. The van der Waals surface area contributed by atoms with Crippen LogP contribution in [0.5, 0.6) is 11.5 Å².